The number of aromatic nitrogens is 1. The van der Waals surface area contributed by atoms with Crippen molar-refractivity contribution >= 4 is 11.8 Å². The molecule has 0 unspecified atom stereocenters. The molecule has 1 aromatic heterocycles. The predicted octanol–water partition coefficient (Wildman–Crippen LogP) is 2.72. The van der Waals surface area contributed by atoms with Crippen LogP contribution in [0.3, 0.4) is 0 Å². The van der Waals surface area contributed by atoms with E-state index in [1.54, 1.807) is 0 Å². The summed E-state index contributed by atoms with van der Waals surface area (Å²) in [6.45, 7) is 5.23. The van der Waals surface area contributed by atoms with Crippen LogP contribution in [0.2, 0.25) is 0 Å². The number of carbonyl (C=O) groups excluding carboxylic acids is 2. The maximum Gasteiger partial charge on any atom is 0.253 e. The molecule has 0 saturated carbocycles. The first-order valence-corrected chi connectivity index (χ1v) is 9.59. The minimum Gasteiger partial charge on any atom is -0.494 e. The van der Waals surface area contributed by atoms with E-state index in [0.29, 0.717) is 44.8 Å². The van der Waals surface area contributed by atoms with E-state index in [1.807, 2.05) is 52.5 Å². The number of carbonyl (C=O) groups is 2. The van der Waals surface area contributed by atoms with E-state index in [1.165, 1.54) is 0 Å². The molecule has 144 valence electrons. The summed E-state index contributed by atoms with van der Waals surface area (Å²) in [5, 5.41) is 0. The van der Waals surface area contributed by atoms with Gasteiger partial charge in [-0.3, -0.25) is 9.59 Å². The van der Waals surface area contributed by atoms with E-state index in [4.69, 9.17) is 4.74 Å². The van der Waals surface area contributed by atoms with E-state index in [9.17, 15) is 9.59 Å². The van der Waals surface area contributed by atoms with Crippen molar-refractivity contribution in [1.82, 2.24) is 14.8 Å². The van der Waals surface area contributed by atoms with Crippen LogP contribution in [0.1, 0.15) is 35.7 Å². The van der Waals surface area contributed by atoms with Crippen molar-refractivity contribution in [1.29, 1.82) is 0 Å². The molecule has 1 N–H and O–H groups in total. The molecule has 2 aromatic rings. The summed E-state index contributed by atoms with van der Waals surface area (Å²) in [4.78, 5) is 31.9. The molecule has 0 radical (unpaired) electrons. The third-order valence-electron chi connectivity index (χ3n) is 4.73. The zero-order valence-electron chi connectivity index (χ0n) is 15.8. The van der Waals surface area contributed by atoms with E-state index in [2.05, 4.69) is 11.9 Å². The van der Waals surface area contributed by atoms with Crippen LogP contribution in [-0.4, -0.2) is 59.4 Å². The van der Waals surface area contributed by atoms with Gasteiger partial charge in [-0.05, 0) is 48.7 Å². The second-order valence-electron chi connectivity index (χ2n) is 6.80. The highest BCUT2D eigenvalue weighted by Gasteiger charge is 2.23. The van der Waals surface area contributed by atoms with Crippen LogP contribution in [-0.2, 0) is 11.2 Å². The molecule has 1 fully saturated rings. The van der Waals surface area contributed by atoms with Crippen LogP contribution in [0, 0.1) is 0 Å². The lowest BCUT2D eigenvalue weighted by Gasteiger charge is -2.22. The molecule has 1 aliphatic heterocycles. The number of hydrogen-bond acceptors (Lipinski definition) is 3. The summed E-state index contributed by atoms with van der Waals surface area (Å²) in [7, 11) is 0. The molecule has 6 heteroatoms. The van der Waals surface area contributed by atoms with Crippen molar-refractivity contribution in [3.63, 3.8) is 0 Å². The average molecular weight is 369 g/mol. The summed E-state index contributed by atoms with van der Waals surface area (Å²) in [5.74, 6) is 0.907. The average Bonchev–Trinajstić information content (AvgIpc) is 3.07. The third kappa shape index (κ3) is 5.12. The van der Waals surface area contributed by atoms with Gasteiger partial charge >= 0.3 is 0 Å². The summed E-state index contributed by atoms with van der Waals surface area (Å²) in [5.41, 5.74) is 1.65. The fourth-order valence-electron chi connectivity index (χ4n) is 3.22. The van der Waals surface area contributed by atoms with Gasteiger partial charge in [-0.25, -0.2) is 0 Å². The van der Waals surface area contributed by atoms with Crippen molar-refractivity contribution in [2.24, 2.45) is 0 Å². The number of nitrogens with one attached hydrogen (secondary N) is 1. The van der Waals surface area contributed by atoms with Crippen molar-refractivity contribution in [3.05, 3.63) is 53.9 Å². The molecule has 1 aliphatic rings. The number of ether oxygens (including phenoxy) is 1. The highest BCUT2D eigenvalue weighted by Crippen LogP contribution is 2.15. The Labute approximate surface area is 160 Å². The lowest BCUT2D eigenvalue weighted by molar-refractivity contribution is -0.130. The van der Waals surface area contributed by atoms with Crippen LogP contribution in [0.15, 0.2) is 42.7 Å². The molecule has 0 spiro atoms. The molecule has 2 heterocycles. The maximum atomic E-state index is 12.8. The standard InChI is InChI=1S/C21H27N3O3/c1-2-14-27-19-6-4-18(5-7-19)21(26)24-11-3-10-23(12-13-24)20(25)15-17-8-9-22-16-17/h4-9,16,22H,2-3,10-15H2,1H3. The first-order valence-electron chi connectivity index (χ1n) is 9.59. The van der Waals surface area contributed by atoms with Crippen molar-refractivity contribution in [2.75, 3.05) is 32.8 Å². The van der Waals surface area contributed by atoms with Crippen molar-refractivity contribution in [3.8, 4) is 5.75 Å². The Balaban J connectivity index is 1.55. The minimum absolute atomic E-state index is 0.0111. The van der Waals surface area contributed by atoms with Crippen molar-refractivity contribution in [2.45, 2.75) is 26.2 Å². The van der Waals surface area contributed by atoms with E-state index >= 15 is 0 Å². The fourth-order valence-corrected chi connectivity index (χ4v) is 3.22. The van der Waals surface area contributed by atoms with E-state index in [0.717, 1.165) is 24.2 Å². The summed E-state index contributed by atoms with van der Waals surface area (Å²) < 4.78 is 5.57. The quantitative estimate of drug-likeness (QED) is 0.851. The zero-order valence-corrected chi connectivity index (χ0v) is 15.8. The van der Waals surface area contributed by atoms with Crippen LogP contribution < -0.4 is 4.74 Å². The number of nitrogens with zero attached hydrogens (tertiary/aromatic N) is 2. The first kappa shape index (κ1) is 19.0. The van der Waals surface area contributed by atoms with E-state index < -0.39 is 0 Å². The number of benzene rings is 1. The number of aromatic amines is 1. The molecule has 2 amide bonds. The van der Waals surface area contributed by atoms with Crippen molar-refractivity contribution < 1.29 is 14.3 Å². The molecule has 27 heavy (non-hydrogen) atoms. The Morgan fingerprint density at radius 3 is 2.48 bits per heavy atom. The minimum atomic E-state index is 0.0111. The summed E-state index contributed by atoms with van der Waals surface area (Å²) in [6, 6.07) is 9.22. The number of rotatable bonds is 6. The molecular weight excluding hydrogens is 342 g/mol. The van der Waals surface area contributed by atoms with Gasteiger partial charge in [0.2, 0.25) is 5.91 Å². The maximum absolute atomic E-state index is 12.8. The Hall–Kier alpha value is -2.76. The van der Waals surface area contributed by atoms with Crippen LogP contribution in [0.5, 0.6) is 5.75 Å². The second kappa shape index (κ2) is 9.26. The van der Waals surface area contributed by atoms with Gasteiger partial charge in [0.1, 0.15) is 5.75 Å². The van der Waals surface area contributed by atoms with Gasteiger partial charge < -0.3 is 19.5 Å². The number of hydrogen-bond donors (Lipinski definition) is 1. The van der Waals surface area contributed by atoms with Gasteiger partial charge in [-0.1, -0.05) is 6.92 Å². The Kier molecular flexibility index (Phi) is 6.52. The smallest absolute Gasteiger partial charge is 0.253 e. The summed E-state index contributed by atoms with van der Waals surface area (Å²) >= 11 is 0. The third-order valence-corrected chi connectivity index (χ3v) is 4.73. The molecule has 3 rings (SSSR count). The predicted molar refractivity (Wildman–Crippen MR) is 104 cm³/mol. The Morgan fingerprint density at radius 1 is 1.04 bits per heavy atom. The number of H-pyrrole nitrogens is 1. The molecule has 0 aliphatic carbocycles. The van der Waals surface area contributed by atoms with Gasteiger partial charge in [-0.2, -0.15) is 0 Å². The van der Waals surface area contributed by atoms with Gasteiger partial charge in [-0.15, -0.1) is 0 Å². The lowest BCUT2D eigenvalue weighted by Crippen LogP contribution is -2.37. The highest BCUT2D eigenvalue weighted by molar-refractivity contribution is 5.94. The second-order valence-corrected chi connectivity index (χ2v) is 6.80. The molecular formula is C21H27N3O3. The zero-order chi connectivity index (χ0) is 19.1. The fraction of sp³-hybridized carbons (Fsp3) is 0.429. The van der Waals surface area contributed by atoms with Crippen LogP contribution >= 0.6 is 0 Å². The van der Waals surface area contributed by atoms with E-state index in [-0.39, 0.29) is 11.8 Å². The topological polar surface area (TPSA) is 65.6 Å². The highest BCUT2D eigenvalue weighted by atomic mass is 16.5. The summed E-state index contributed by atoms with van der Waals surface area (Å²) in [6.07, 6.45) is 5.82. The molecule has 6 nitrogen and oxygen atoms in total. The molecule has 1 aromatic carbocycles. The normalized spacial score (nSPS) is 14.7. The number of amides is 2. The Morgan fingerprint density at radius 2 is 1.78 bits per heavy atom. The molecule has 0 atom stereocenters. The molecule has 1 saturated heterocycles. The Bertz CT molecular complexity index is 741. The van der Waals surface area contributed by atoms with Crippen LogP contribution in [0.25, 0.3) is 0 Å². The van der Waals surface area contributed by atoms with Gasteiger partial charge in [0, 0.05) is 44.1 Å². The largest absolute Gasteiger partial charge is 0.494 e. The van der Waals surface area contributed by atoms with Crippen LogP contribution in [0.4, 0.5) is 0 Å². The first-order chi connectivity index (χ1) is 13.2. The van der Waals surface area contributed by atoms with Gasteiger partial charge in [0.05, 0.1) is 13.0 Å². The SMILES string of the molecule is CCCOc1ccc(C(=O)N2CCCN(C(=O)Cc3cc[nH]c3)CC2)cc1. The lowest BCUT2D eigenvalue weighted by atomic mass is 10.2. The van der Waals surface area contributed by atoms with Gasteiger partial charge in [0.15, 0.2) is 0 Å². The molecule has 0 bridgehead atoms. The van der Waals surface area contributed by atoms with Gasteiger partial charge in [0.25, 0.3) is 5.91 Å². The monoisotopic (exact) mass is 369 g/mol.